The van der Waals surface area contributed by atoms with Crippen molar-refractivity contribution in [3.05, 3.63) is 71.3 Å². The Morgan fingerprint density at radius 2 is 1.46 bits per heavy atom. The van der Waals surface area contributed by atoms with E-state index in [1.807, 2.05) is 64.4 Å². The number of hydrogen-bond acceptors (Lipinski definition) is 3. The van der Waals surface area contributed by atoms with Crippen LogP contribution in [0.25, 0.3) is 0 Å². The van der Waals surface area contributed by atoms with Gasteiger partial charge in [0.15, 0.2) is 0 Å². The van der Waals surface area contributed by atoms with Crippen molar-refractivity contribution in [2.24, 2.45) is 5.73 Å². The third kappa shape index (κ3) is 5.81. The van der Waals surface area contributed by atoms with Crippen molar-refractivity contribution >= 4 is 24.2 Å². The Morgan fingerprint density at radius 3 is 2.14 bits per heavy atom. The molecular formula is C22H28ClN3O2. The van der Waals surface area contributed by atoms with E-state index in [0.717, 1.165) is 18.4 Å². The van der Waals surface area contributed by atoms with Crippen LogP contribution in [0.15, 0.2) is 54.6 Å². The van der Waals surface area contributed by atoms with Gasteiger partial charge < -0.3 is 15.5 Å². The molecule has 0 saturated carbocycles. The van der Waals surface area contributed by atoms with Crippen LogP contribution in [-0.2, 0) is 17.8 Å². The van der Waals surface area contributed by atoms with Gasteiger partial charge in [0.25, 0.3) is 5.91 Å². The van der Waals surface area contributed by atoms with E-state index >= 15 is 0 Å². The van der Waals surface area contributed by atoms with E-state index < -0.39 is 0 Å². The molecular weight excluding hydrogens is 374 g/mol. The van der Waals surface area contributed by atoms with E-state index in [1.165, 1.54) is 5.56 Å². The predicted octanol–water partition coefficient (Wildman–Crippen LogP) is 2.87. The van der Waals surface area contributed by atoms with Gasteiger partial charge in [0.2, 0.25) is 5.91 Å². The molecule has 2 amide bonds. The number of hydrogen-bond donors (Lipinski definition) is 1. The zero-order chi connectivity index (χ0) is 19.1. The van der Waals surface area contributed by atoms with Gasteiger partial charge in [0.05, 0.1) is 0 Å². The van der Waals surface area contributed by atoms with E-state index in [4.69, 9.17) is 5.73 Å². The number of carbonyl (C=O) groups excluding carboxylic acids is 2. The molecule has 1 aliphatic rings. The lowest BCUT2D eigenvalue weighted by molar-refractivity contribution is -0.131. The predicted molar refractivity (Wildman–Crippen MR) is 113 cm³/mol. The van der Waals surface area contributed by atoms with Crippen LogP contribution in [0.4, 0.5) is 0 Å². The molecule has 2 N–H and O–H groups in total. The highest BCUT2D eigenvalue weighted by Gasteiger charge is 2.22. The average molecular weight is 402 g/mol. The van der Waals surface area contributed by atoms with Crippen LogP contribution in [0, 0.1) is 0 Å². The van der Waals surface area contributed by atoms with E-state index in [0.29, 0.717) is 44.7 Å². The molecule has 1 saturated heterocycles. The SMILES string of the molecule is Cl.NCc1ccc(C(=O)N2CCCN(C(=O)CCc3ccccc3)CC2)cc1. The summed E-state index contributed by atoms with van der Waals surface area (Å²) in [5.41, 5.74) is 8.48. The summed E-state index contributed by atoms with van der Waals surface area (Å²) in [6, 6.07) is 17.5. The molecule has 1 heterocycles. The lowest BCUT2D eigenvalue weighted by Gasteiger charge is -2.22. The highest BCUT2D eigenvalue weighted by molar-refractivity contribution is 5.94. The van der Waals surface area contributed by atoms with Gasteiger partial charge in [-0.2, -0.15) is 0 Å². The highest BCUT2D eigenvalue weighted by Crippen LogP contribution is 2.12. The topological polar surface area (TPSA) is 66.6 Å². The fourth-order valence-electron chi connectivity index (χ4n) is 3.39. The smallest absolute Gasteiger partial charge is 0.253 e. The van der Waals surface area contributed by atoms with Crippen LogP contribution in [-0.4, -0.2) is 47.8 Å². The molecule has 28 heavy (non-hydrogen) atoms. The van der Waals surface area contributed by atoms with Gasteiger partial charge in [-0.1, -0.05) is 42.5 Å². The Hall–Kier alpha value is -2.37. The number of halogens is 1. The summed E-state index contributed by atoms with van der Waals surface area (Å²) in [5, 5.41) is 0. The summed E-state index contributed by atoms with van der Waals surface area (Å²) in [7, 11) is 0. The molecule has 0 radical (unpaired) electrons. The molecule has 0 atom stereocenters. The first-order valence-corrected chi connectivity index (χ1v) is 9.57. The molecule has 2 aromatic rings. The molecule has 0 aliphatic carbocycles. The number of rotatable bonds is 5. The highest BCUT2D eigenvalue weighted by atomic mass is 35.5. The summed E-state index contributed by atoms with van der Waals surface area (Å²) < 4.78 is 0. The van der Waals surface area contributed by atoms with Crippen molar-refractivity contribution in [3.8, 4) is 0 Å². The monoisotopic (exact) mass is 401 g/mol. The number of amides is 2. The van der Waals surface area contributed by atoms with Gasteiger partial charge in [0, 0.05) is 44.7 Å². The largest absolute Gasteiger partial charge is 0.341 e. The zero-order valence-electron chi connectivity index (χ0n) is 16.0. The Morgan fingerprint density at radius 1 is 0.821 bits per heavy atom. The van der Waals surface area contributed by atoms with Crippen LogP contribution in [0.2, 0.25) is 0 Å². The summed E-state index contributed by atoms with van der Waals surface area (Å²) in [6.45, 7) is 3.04. The summed E-state index contributed by atoms with van der Waals surface area (Å²) >= 11 is 0. The van der Waals surface area contributed by atoms with Crippen LogP contribution in [0.1, 0.15) is 34.3 Å². The van der Waals surface area contributed by atoms with Crippen LogP contribution < -0.4 is 5.73 Å². The molecule has 0 unspecified atom stereocenters. The van der Waals surface area contributed by atoms with E-state index in [-0.39, 0.29) is 24.2 Å². The number of benzene rings is 2. The van der Waals surface area contributed by atoms with Crippen molar-refractivity contribution in [1.82, 2.24) is 9.80 Å². The van der Waals surface area contributed by atoms with Crippen molar-refractivity contribution in [1.29, 1.82) is 0 Å². The molecule has 2 aromatic carbocycles. The summed E-state index contributed by atoms with van der Waals surface area (Å²) in [5.74, 6) is 0.192. The Labute approximate surface area is 172 Å². The fraction of sp³-hybridized carbons (Fsp3) is 0.364. The minimum atomic E-state index is 0. The van der Waals surface area contributed by atoms with Gasteiger partial charge in [-0.25, -0.2) is 0 Å². The molecule has 0 aromatic heterocycles. The molecule has 1 aliphatic heterocycles. The molecule has 3 rings (SSSR count). The maximum Gasteiger partial charge on any atom is 0.253 e. The first kappa shape index (κ1) is 21.9. The van der Waals surface area contributed by atoms with E-state index in [2.05, 4.69) is 0 Å². The maximum atomic E-state index is 12.7. The second kappa shape index (κ2) is 10.8. The van der Waals surface area contributed by atoms with Gasteiger partial charge in [0.1, 0.15) is 0 Å². The lowest BCUT2D eigenvalue weighted by Crippen LogP contribution is -2.37. The van der Waals surface area contributed by atoms with Crippen molar-refractivity contribution < 1.29 is 9.59 Å². The maximum absolute atomic E-state index is 12.7. The number of nitrogens with two attached hydrogens (primary N) is 1. The second-order valence-electron chi connectivity index (χ2n) is 6.91. The normalized spacial score (nSPS) is 14.2. The molecule has 150 valence electrons. The van der Waals surface area contributed by atoms with E-state index in [1.54, 1.807) is 0 Å². The molecule has 0 bridgehead atoms. The third-order valence-electron chi connectivity index (χ3n) is 5.04. The van der Waals surface area contributed by atoms with Gasteiger partial charge in [-0.05, 0) is 36.1 Å². The second-order valence-corrected chi connectivity index (χ2v) is 6.91. The van der Waals surface area contributed by atoms with Gasteiger partial charge in [-0.3, -0.25) is 9.59 Å². The quantitative estimate of drug-likeness (QED) is 0.837. The zero-order valence-corrected chi connectivity index (χ0v) is 16.9. The molecule has 6 heteroatoms. The third-order valence-corrected chi connectivity index (χ3v) is 5.04. The van der Waals surface area contributed by atoms with Gasteiger partial charge >= 0.3 is 0 Å². The van der Waals surface area contributed by atoms with Crippen LogP contribution in [0.5, 0.6) is 0 Å². The number of aryl methyl sites for hydroxylation is 1. The lowest BCUT2D eigenvalue weighted by atomic mass is 10.1. The van der Waals surface area contributed by atoms with Crippen molar-refractivity contribution in [2.45, 2.75) is 25.8 Å². The molecule has 0 spiro atoms. The Balaban J connectivity index is 0.00000280. The minimum Gasteiger partial charge on any atom is -0.341 e. The number of nitrogens with zero attached hydrogens (tertiary/aromatic N) is 2. The minimum absolute atomic E-state index is 0. The molecule has 5 nitrogen and oxygen atoms in total. The average Bonchev–Trinajstić information content (AvgIpc) is 2.98. The van der Waals surface area contributed by atoms with Gasteiger partial charge in [-0.15, -0.1) is 12.4 Å². The van der Waals surface area contributed by atoms with Crippen molar-refractivity contribution in [3.63, 3.8) is 0 Å². The number of carbonyl (C=O) groups is 2. The van der Waals surface area contributed by atoms with Crippen LogP contribution in [0.3, 0.4) is 0 Å². The van der Waals surface area contributed by atoms with Crippen molar-refractivity contribution in [2.75, 3.05) is 26.2 Å². The first-order valence-electron chi connectivity index (χ1n) is 9.57. The van der Waals surface area contributed by atoms with E-state index in [9.17, 15) is 9.59 Å². The standard InChI is InChI=1S/C22H27N3O2.ClH/c23-17-19-7-10-20(11-8-19)22(27)25-14-4-13-24(15-16-25)21(26)12-9-18-5-2-1-3-6-18;/h1-3,5-8,10-11H,4,9,12-17,23H2;1H. The fourth-order valence-corrected chi connectivity index (χ4v) is 3.39. The molecule has 1 fully saturated rings. The van der Waals surface area contributed by atoms with Crippen LogP contribution >= 0.6 is 12.4 Å². The first-order chi connectivity index (χ1) is 13.2. The Kier molecular flexibility index (Phi) is 8.48. The summed E-state index contributed by atoms with van der Waals surface area (Å²) in [4.78, 5) is 29.0. The summed E-state index contributed by atoms with van der Waals surface area (Å²) in [6.07, 6.45) is 2.08. The Bertz CT molecular complexity index is 765.